The number of rotatable bonds is 2. The van der Waals surface area contributed by atoms with E-state index in [0.717, 1.165) is 5.56 Å². The van der Waals surface area contributed by atoms with E-state index in [4.69, 9.17) is 5.41 Å². The first-order valence-electron chi connectivity index (χ1n) is 5.74. The minimum Gasteiger partial charge on any atom is -0.277 e. The van der Waals surface area contributed by atoms with E-state index < -0.39 is 9.84 Å². The Bertz CT molecular complexity index is 629. The summed E-state index contributed by atoms with van der Waals surface area (Å²) >= 11 is 1.29. The van der Waals surface area contributed by atoms with Gasteiger partial charge in [-0.05, 0) is 17.7 Å². The van der Waals surface area contributed by atoms with Crippen LogP contribution < -0.4 is 0 Å². The van der Waals surface area contributed by atoms with Gasteiger partial charge in [0.2, 0.25) is 0 Å². The van der Waals surface area contributed by atoms with Gasteiger partial charge in [-0.3, -0.25) is 10.4 Å². The fraction of sp³-hybridized carbons (Fsp3) is 0.364. The van der Waals surface area contributed by atoms with E-state index in [9.17, 15) is 8.42 Å². The second kappa shape index (κ2) is 4.61. The summed E-state index contributed by atoms with van der Waals surface area (Å²) in [7, 11) is -2.99. The van der Waals surface area contributed by atoms with Gasteiger partial charge in [0.05, 0.1) is 23.8 Å². The van der Waals surface area contributed by atoms with Gasteiger partial charge in [0.25, 0.3) is 0 Å². The van der Waals surface area contributed by atoms with Crippen LogP contribution in [0.1, 0.15) is 5.56 Å². The number of amidine groups is 1. The Hall–Kier alpha value is -1.41. The lowest BCUT2D eigenvalue weighted by Gasteiger charge is -2.17. The Morgan fingerprint density at radius 3 is 2.89 bits per heavy atom. The highest BCUT2D eigenvalue weighted by Crippen LogP contribution is 2.37. The maximum atomic E-state index is 11.6. The molecule has 100 valence electrons. The third-order valence-electron chi connectivity index (χ3n) is 3.09. The Labute approximate surface area is 115 Å². The minimum atomic E-state index is -2.99. The van der Waals surface area contributed by atoms with Gasteiger partial charge in [-0.25, -0.2) is 13.4 Å². The standard InChI is InChI=1S/C11H12N4O2S2/c12-11-15(14-5-8-1-3-13-4-2-8)9-6-19(16,17)7-10(9)18-11/h1-5,9-10,12H,6-7H2/b12-11?,14-5-/t9-,10-/m0/s1. The highest BCUT2D eigenvalue weighted by molar-refractivity contribution is 8.15. The molecule has 2 aliphatic rings. The molecule has 0 unspecified atom stereocenters. The number of thioether (sulfide) groups is 1. The molecule has 1 N–H and O–H groups in total. The molecule has 1 aromatic heterocycles. The summed E-state index contributed by atoms with van der Waals surface area (Å²) < 4.78 is 23.2. The molecule has 0 aromatic carbocycles. The van der Waals surface area contributed by atoms with Crippen LogP contribution in [0.4, 0.5) is 0 Å². The molecule has 6 nitrogen and oxygen atoms in total. The zero-order valence-electron chi connectivity index (χ0n) is 9.93. The zero-order chi connectivity index (χ0) is 13.5. The highest BCUT2D eigenvalue weighted by Gasteiger charge is 2.48. The molecule has 0 bridgehead atoms. The molecule has 3 rings (SSSR count). The fourth-order valence-corrected chi connectivity index (χ4v) is 5.92. The molecule has 3 heterocycles. The van der Waals surface area contributed by atoms with E-state index >= 15 is 0 Å². The monoisotopic (exact) mass is 296 g/mol. The van der Waals surface area contributed by atoms with Crippen LogP contribution in [0.5, 0.6) is 0 Å². The topological polar surface area (TPSA) is 86.5 Å². The fourth-order valence-electron chi connectivity index (χ4n) is 2.20. The number of nitrogens with zero attached hydrogens (tertiary/aromatic N) is 3. The third kappa shape index (κ3) is 2.50. The van der Waals surface area contributed by atoms with Crippen molar-refractivity contribution in [3.8, 4) is 0 Å². The average Bonchev–Trinajstić information content (AvgIpc) is 2.79. The molecular formula is C11H12N4O2S2. The molecule has 0 radical (unpaired) electrons. The first-order valence-corrected chi connectivity index (χ1v) is 8.44. The van der Waals surface area contributed by atoms with E-state index in [2.05, 4.69) is 10.1 Å². The third-order valence-corrected chi connectivity index (χ3v) is 6.22. The molecule has 0 amide bonds. The van der Waals surface area contributed by atoms with Crippen molar-refractivity contribution in [2.45, 2.75) is 11.3 Å². The molecule has 8 heteroatoms. The molecule has 1 aromatic rings. The maximum absolute atomic E-state index is 11.6. The van der Waals surface area contributed by atoms with Crippen molar-refractivity contribution < 1.29 is 8.42 Å². The molecule has 19 heavy (non-hydrogen) atoms. The first kappa shape index (κ1) is 12.6. The van der Waals surface area contributed by atoms with Crippen molar-refractivity contribution in [1.29, 1.82) is 5.41 Å². The summed E-state index contributed by atoms with van der Waals surface area (Å²) in [5.74, 6) is 0.229. The van der Waals surface area contributed by atoms with Crippen molar-refractivity contribution in [1.82, 2.24) is 9.99 Å². The van der Waals surface area contributed by atoms with E-state index in [1.165, 1.54) is 16.8 Å². The van der Waals surface area contributed by atoms with Gasteiger partial charge in [-0.15, -0.1) is 0 Å². The number of hydrogen-bond donors (Lipinski definition) is 1. The van der Waals surface area contributed by atoms with Gasteiger partial charge in [0.1, 0.15) is 0 Å². The van der Waals surface area contributed by atoms with Crippen LogP contribution in [0, 0.1) is 5.41 Å². The lowest BCUT2D eigenvalue weighted by molar-refractivity contribution is 0.376. The SMILES string of the molecule is N=C1S[C@H]2CS(=O)(=O)C[C@@H]2N1/N=C\c1ccncc1. The molecule has 0 saturated carbocycles. The lowest BCUT2D eigenvalue weighted by Crippen LogP contribution is -2.32. The van der Waals surface area contributed by atoms with Crippen LogP contribution >= 0.6 is 11.8 Å². The molecule has 0 spiro atoms. The molecule has 0 aliphatic carbocycles. The van der Waals surface area contributed by atoms with Gasteiger partial charge in [0.15, 0.2) is 15.0 Å². The second-order valence-corrected chi connectivity index (χ2v) is 7.86. The number of fused-ring (bicyclic) bond motifs is 1. The lowest BCUT2D eigenvalue weighted by atomic mass is 10.2. The normalized spacial score (nSPS) is 29.1. The average molecular weight is 296 g/mol. The molecular weight excluding hydrogens is 284 g/mol. The predicted octanol–water partition coefficient (Wildman–Crippen LogP) is 0.565. The predicted molar refractivity (Wildman–Crippen MR) is 75.2 cm³/mol. The molecule has 2 atom stereocenters. The van der Waals surface area contributed by atoms with Crippen molar-refractivity contribution in [2.24, 2.45) is 5.10 Å². The number of sulfone groups is 1. The Morgan fingerprint density at radius 2 is 2.16 bits per heavy atom. The summed E-state index contributed by atoms with van der Waals surface area (Å²) in [4.78, 5) is 3.91. The number of hydrazone groups is 1. The Balaban J connectivity index is 1.81. The van der Waals surface area contributed by atoms with E-state index in [1.54, 1.807) is 30.7 Å². The Kier molecular flexibility index (Phi) is 3.06. The van der Waals surface area contributed by atoms with Crippen LogP contribution in [-0.4, -0.2) is 52.6 Å². The highest BCUT2D eigenvalue weighted by atomic mass is 32.2. The number of nitrogens with one attached hydrogen (secondary N) is 1. The minimum absolute atomic E-state index is 0.0629. The van der Waals surface area contributed by atoms with Crippen LogP contribution in [0.15, 0.2) is 29.6 Å². The van der Waals surface area contributed by atoms with E-state index in [-0.39, 0.29) is 22.8 Å². The van der Waals surface area contributed by atoms with E-state index in [1.807, 2.05) is 0 Å². The van der Waals surface area contributed by atoms with Crippen LogP contribution in [0.3, 0.4) is 0 Å². The zero-order valence-corrected chi connectivity index (χ0v) is 11.6. The largest absolute Gasteiger partial charge is 0.277 e. The summed E-state index contributed by atoms with van der Waals surface area (Å²) in [6, 6.07) is 3.40. The number of hydrogen-bond acceptors (Lipinski definition) is 6. The van der Waals surface area contributed by atoms with Crippen LogP contribution in [-0.2, 0) is 9.84 Å². The van der Waals surface area contributed by atoms with Gasteiger partial charge < -0.3 is 0 Å². The van der Waals surface area contributed by atoms with Crippen molar-refractivity contribution in [2.75, 3.05) is 11.5 Å². The van der Waals surface area contributed by atoms with Crippen molar-refractivity contribution in [3.05, 3.63) is 30.1 Å². The first-order chi connectivity index (χ1) is 9.05. The van der Waals surface area contributed by atoms with Crippen molar-refractivity contribution in [3.63, 3.8) is 0 Å². The second-order valence-electron chi connectivity index (χ2n) is 4.48. The van der Waals surface area contributed by atoms with Crippen LogP contribution in [0.25, 0.3) is 0 Å². The summed E-state index contributed by atoms with van der Waals surface area (Å²) in [6.07, 6.45) is 4.95. The van der Waals surface area contributed by atoms with Gasteiger partial charge >= 0.3 is 0 Å². The number of aromatic nitrogens is 1. The van der Waals surface area contributed by atoms with E-state index in [0.29, 0.717) is 5.17 Å². The summed E-state index contributed by atoms with van der Waals surface area (Å²) in [5.41, 5.74) is 0.872. The van der Waals surface area contributed by atoms with Gasteiger partial charge in [0, 0.05) is 17.6 Å². The summed E-state index contributed by atoms with van der Waals surface area (Å²) in [6.45, 7) is 0. The van der Waals surface area contributed by atoms with Gasteiger partial charge in [-0.2, -0.15) is 5.10 Å². The number of pyridine rings is 1. The smallest absolute Gasteiger partial charge is 0.177 e. The van der Waals surface area contributed by atoms with Crippen LogP contribution in [0.2, 0.25) is 0 Å². The maximum Gasteiger partial charge on any atom is 0.177 e. The summed E-state index contributed by atoms with van der Waals surface area (Å²) in [5, 5.41) is 13.9. The Morgan fingerprint density at radius 1 is 1.42 bits per heavy atom. The molecule has 2 saturated heterocycles. The van der Waals surface area contributed by atoms with Gasteiger partial charge in [-0.1, -0.05) is 11.8 Å². The quantitative estimate of drug-likeness (QED) is 0.806. The molecule has 2 aliphatic heterocycles. The molecule has 2 fully saturated rings. The van der Waals surface area contributed by atoms with Crippen molar-refractivity contribution >= 4 is 33.0 Å².